The quantitative estimate of drug-likeness (QED) is 0.329. The van der Waals surface area contributed by atoms with Crippen molar-refractivity contribution in [3.05, 3.63) is 81.0 Å². The Morgan fingerprint density at radius 2 is 2.00 bits per heavy atom. The third kappa shape index (κ3) is 3.00. The second-order valence-corrected chi connectivity index (χ2v) is 5.34. The number of hydrogen-bond acceptors (Lipinski definition) is 3. The first kappa shape index (κ1) is 15.0. The van der Waals surface area contributed by atoms with Gasteiger partial charge in [0.25, 0.3) is 5.69 Å². The number of H-pyrrole nitrogens is 1. The summed E-state index contributed by atoms with van der Waals surface area (Å²) in [6.07, 6.45) is 4.39. The lowest BCUT2D eigenvalue weighted by atomic mass is 10.1. The maximum absolute atomic E-state index is 12.3. The van der Waals surface area contributed by atoms with Gasteiger partial charge in [-0.3, -0.25) is 14.9 Å². The molecule has 3 rings (SSSR count). The number of nitro groups is 1. The number of nitro benzene ring substituents is 1. The highest BCUT2D eigenvalue weighted by Gasteiger charge is 2.12. The van der Waals surface area contributed by atoms with Crippen LogP contribution in [0.25, 0.3) is 17.0 Å². The summed E-state index contributed by atoms with van der Waals surface area (Å²) in [5, 5.41) is 12.3. The fraction of sp³-hybridized carbons (Fsp3) is 0. The lowest BCUT2D eigenvalue weighted by molar-refractivity contribution is -0.385. The molecule has 5 nitrogen and oxygen atoms in total. The molecule has 6 heteroatoms. The third-order valence-corrected chi connectivity index (χ3v) is 3.69. The van der Waals surface area contributed by atoms with Gasteiger partial charge in [-0.1, -0.05) is 29.8 Å². The van der Waals surface area contributed by atoms with Gasteiger partial charge in [0.1, 0.15) is 0 Å². The predicted molar refractivity (Wildman–Crippen MR) is 89.8 cm³/mol. The van der Waals surface area contributed by atoms with Crippen molar-refractivity contribution >= 4 is 40.1 Å². The molecule has 114 valence electrons. The minimum atomic E-state index is -0.474. The maximum Gasteiger partial charge on any atom is 0.276 e. The first-order valence-corrected chi connectivity index (χ1v) is 7.16. The molecule has 2 aromatic carbocycles. The molecule has 0 unspecified atom stereocenters. The summed E-state index contributed by atoms with van der Waals surface area (Å²) >= 11 is 5.91. The number of nitrogens with zero attached hydrogens (tertiary/aromatic N) is 1. The Bertz CT molecular complexity index is 944. The predicted octanol–water partition coefficient (Wildman–Crippen LogP) is 4.63. The molecule has 23 heavy (non-hydrogen) atoms. The molecule has 0 spiro atoms. The van der Waals surface area contributed by atoms with E-state index in [9.17, 15) is 14.9 Å². The van der Waals surface area contributed by atoms with Crippen LogP contribution in [0.2, 0.25) is 5.02 Å². The number of aromatic amines is 1. The highest BCUT2D eigenvalue weighted by molar-refractivity contribution is 6.31. The van der Waals surface area contributed by atoms with Crippen LogP contribution in [-0.4, -0.2) is 15.7 Å². The summed E-state index contributed by atoms with van der Waals surface area (Å²) in [5.74, 6) is -0.239. The molecule has 1 aromatic heterocycles. The van der Waals surface area contributed by atoms with Gasteiger partial charge in [0.2, 0.25) is 0 Å². The van der Waals surface area contributed by atoms with Crippen molar-refractivity contribution in [1.29, 1.82) is 0 Å². The zero-order valence-electron chi connectivity index (χ0n) is 11.8. The van der Waals surface area contributed by atoms with Gasteiger partial charge >= 0.3 is 0 Å². The topological polar surface area (TPSA) is 76.0 Å². The third-order valence-electron chi connectivity index (χ3n) is 3.46. The van der Waals surface area contributed by atoms with Gasteiger partial charge in [-0.25, -0.2) is 0 Å². The number of rotatable bonds is 4. The summed E-state index contributed by atoms with van der Waals surface area (Å²) in [4.78, 5) is 25.8. The first-order chi connectivity index (χ1) is 11.1. The highest BCUT2D eigenvalue weighted by atomic mass is 35.5. The molecule has 0 radical (unpaired) electrons. The van der Waals surface area contributed by atoms with Crippen molar-refractivity contribution in [2.24, 2.45) is 0 Å². The number of fused-ring (bicyclic) bond motifs is 1. The van der Waals surface area contributed by atoms with Crippen molar-refractivity contribution in [3.63, 3.8) is 0 Å². The van der Waals surface area contributed by atoms with Gasteiger partial charge in [0, 0.05) is 33.8 Å². The number of allylic oxidation sites excluding steroid dienone is 1. The lowest BCUT2D eigenvalue weighted by Gasteiger charge is -1.97. The summed E-state index contributed by atoms with van der Waals surface area (Å²) in [6.45, 7) is 0. The molecule has 0 aliphatic rings. The number of aromatic nitrogens is 1. The van der Waals surface area contributed by atoms with Gasteiger partial charge in [0.05, 0.1) is 10.5 Å². The number of ketones is 1. The molecule has 3 aromatic rings. The zero-order chi connectivity index (χ0) is 16.4. The Morgan fingerprint density at radius 3 is 2.78 bits per heavy atom. The molecule has 0 saturated carbocycles. The molecule has 1 heterocycles. The zero-order valence-corrected chi connectivity index (χ0v) is 12.6. The molecule has 0 saturated heterocycles. The Balaban J connectivity index is 1.93. The number of hydrogen-bond donors (Lipinski definition) is 1. The summed E-state index contributed by atoms with van der Waals surface area (Å²) in [5.41, 5.74) is 1.60. The number of halogens is 1. The first-order valence-electron chi connectivity index (χ1n) is 6.79. The second kappa shape index (κ2) is 6.06. The van der Waals surface area contributed by atoms with E-state index in [0.29, 0.717) is 16.1 Å². The fourth-order valence-electron chi connectivity index (χ4n) is 2.35. The van der Waals surface area contributed by atoms with Crippen LogP contribution in [0, 0.1) is 10.1 Å². The van der Waals surface area contributed by atoms with Crippen LogP contribution in [0.1, 0.15) is 15.9 Å². The Morgan fingerprint density at radius 1 is 1.22 bits per heavy atom. The molecule has 1 N–H and O–H groups in total. The maximum atomic E-state index is 12.3. The van der Waals surface area contributed by atoms with E-state index in [1.54, 1.807) is 42.6 Å². The Hall–Kier alpha value is -2.92. The van der Waals surface area contributed by atoms with Gasteiger partial charge in [-0.2, -0.15) is 0 Å². The summed E-state index contributed by atoms with van der Waals surface area (Å²) in [6, 6.07) is 11.5. The van der Waals surface area contributed by atoms with Gasteiger partial charge in [-0.15, -0.1) is 0 Å². The minimum absolute atomic E-state index is 0.0396. The van der Waals surface area contributed by atoms with E-state index < -0.39 is 4.92 Å². The molecule has 0 fully saturated rings. The standard InChI is InChI=1S/C17H11ClN2O3/c18-12-6-7-13-14(10-19-15(13)9-12)17(21)8-5-11-3-1-2-4-16(11)20(22)23/h1-10,19H. The van der Waals surface area contributed by atoms with E-state index in [-0.39, 0.29) is 11.5 Å². The van der Waals surface area contributed by atoms with Crippen molar-refractivity contribution in [2.45, 2.75) is 0 Å². The largest absolute Gasteiger partial charge is 0.360 e. The van der Waals surface area contributed by atoms with Gasteiger partial charge < -0.3 is 4.98 Å². The van der Waals surface area contributed by atoms with E-state index >= 15 is 0 Å². The van der Waals surface area contributed by atoms with Crippen molar-refractivity contribution in [1.82, 2.24) is 4.98 Å². The van der Waals surface area contributed by atoms with Crippen LogP contribution >= 0.6 is 11.6 Å². The molecular weight excluding hydrogens is 316 g/mol. The van der Waals surface area contributed by atoms with Gasteiger partial charge in [-0.05, 0) is 30.4 Å². The van der Waals surface area contributed by atoms with Gasteiger partial charge in [0.15, 0.2) is 5.78 Å². The van der Waals surface area contributed by atoms with Crippen molar-refractivity contribution in [3.8, 4) is 0 Å². The lowest BCUT2D eigenvalue weighted by Crippen LogP contribution is -1.94. The van der Waals surface area contributed by atoms with E-state index in [4.69, 9.17) is 11.6 Å². The van der Waals surface area contributed by atoms with E-state index in [0.717, 1.165) is 10.9 Å². The molecule has 0 bridgehead atoms. The Kier molecular flexibility index (Phi) is 3.95. The van der Waals surface area contributed by atoms with E-state index in [2.05, 4.69) is 4.98 Å². The fourth-order valence-corrected chi connectivity index (χ4v) is 2.52. The van der Waals surface area contributed by atoms with Crippen LogP contribution in [-0.2, 0) is 0 Å². The van der Waals surface area contributed by atoms with Crippen LogP contribution in [0.3, 0.4) is 0 Å². The summed E-state index contributed by atoms with van der Waals surface area (Å²) in [7, 11) is 0. The highest BCUT2D eigenvalue weighted by Crippen LogP contribution is 2.24. The second-order valence-electron chi connectivity index (χ2n) is 4.91. The van der Waals surface area contributed by atoms with E-state index in [1.165, 1.54) is 18.2 Å². The van der Waals surface area contributed by atoms with Crippen molar-refractivity contribution < 1.29 is 9.72 Å². The monoisotopic (exact) mass is 326 g/mol. The smallest absolute Gasteiger partial charge is 0.276 e. The Labute approximate surface area is 136 Å². The number of para-hydroxylation sites is 1. The minimum Gasteiger partial charge on any atom is -0.360 e. The summed E-state index contributed by atoms with van der Waals surface area (Å²) < 4.78 is 0. The average molecular weight is 327 g/mol. The molecule has 0 amide bonds. The van der Waals surface area contributed by atoms with Crippen LogP contribution in [0.4, 0.5) is 5.69 Å². The average Bonchev–Trinajstić information content (AvgIpc) is 2.95. The van der Waals surface area contributed by atoms with Crippen LogP contribution < -0.4 is 0 Å². The van der Waals surface area contributed by atoms with Crippen LogP contribution in [0.15, 0.2) is 54.7 Å². The molecular formula is C17H11ClN2O3. The SMILES string of the molecule is O=C(C=Cc1ccccc1[N+](=O)[O-])c1c[nH]c2cc(Cl)ccc12. The molecule has 0 aliphatic carbocycles. The number of carbonyl (C=O) groups excluding carboxylic acids is 1. The number of benzene rings is 2. The normalized spacial score (nSPS) is 11.2. The van der Waals surface area contributed by atoms with Crippen LogP contribution in [0.5, 0.6) is 0 Å². The molecule has 0 atom stereocenters. The number of nitrogens with one attached hydrogen (secondary N) is 1. The van der Waals surface area contributed by atoms with Crippen molar-refractivity contribution in [2.75, 3.05) is 0 Å². The van der Waals surface area contributed by atoms with E-state index in [1.807, 2.05) is 0 Å². The molecule has 0 aliphatic heterocycles. The number of carbonyl (C=O) groups is 1.